The van der Waals surface area contributed by atoms with E-state index in [0.717, 1.165) is 16.9 Å². The summed E-state index contributed by atoms with van der Waals surface area (Å²) in [5, 5.41) is 0.636. The van der Waals surface area contributed by atoms with Gasteiger partial charge in [0.25, 0.3) is 0 Å². The lowest BCUT2D eigenvalue weighted by Crippen LogP contribution is -2.42. The highest BCUT2D eigenvalue weighted by Crippen LogP contribution is 2.46. The molecule has 0 aromatic heterocycles. The third-order valence-electron chi connectivity index (χ3n) is 4.32. The lowest BCUT2D eigenvalue weighted by atomic mass is 9.98. The van der Waals surface area contributed by atoms with Crippen LogP contribution in [0.5, 0.6) is 5.75 Å². The minimum atomic E-state index is -1.18. The average Bonchev–Trinajstić information content (AvgIpc) is 2.98. The number of hydrogen-bond donors (Lipinski definition) is 0. The molecule has 0 bridgehead atoms. The maximum absolute atomic E-state index is 13.3. The Morgan fingerprint density at radius 2 is 2.00 bits per heavy atom. The molecule has 2 aromatic carbocycles. The molecule has 2 unspecified atom stereocenters. The fourth-order valence-corrected chi connectivity index (χ4v) is 4.76. The maximum Gasteiger partial charge on any atom is 0.137 e. The van der Waals surface area contributed by atoms with Crippen LogP contribution in [0.2, 0.25) is 5.02 Å². The first-order valence-electron chi connectivity index (χ1n) is 8.62. The molecule has 0 fully saturated rings. The Hall–Kier alpha value is -1.46. The van der Waals surface area contributed by atoms with Gasteiger partial charge in [0, 0.05) is 21.9 Å². The Balaban J connectivity index is 2.12. The summed E-state index contributed by atoms with van der Waals surface area (Å²) in [5.41, 5.74) is 3.27. The number of ether oxygens (including phenoxy) is 1. The van der Waals surface area contributed by atoms with Gasteiger partial charge in [-0.3, -0.25) is 0 Å². The standard InChI is InChI=1S/C21H24ClNO2S/c1-5-12-25-19-11-10-16(22)13-18(19)20-17-9-7-6-8-15(17)14-23(20)26(24)21(2,3)4/h5-11,13,20H,1,12,14H2,2-4H3. The fourth-order valence-electron chi connectivity index (χ4n) is 3.20. The first kappa shape index (κ1) is 19.3. The molecule has 1 aliphatic heterocycles. The van der Waals surface area contributed by atoms with Crippen LogP contribution in [-0.4, -0.2) is 20.2 Å². The molecule has 2 atom stereocenters. The van der Waals surface area contributed by atoms with E-state index in [2.05, 4.69) is 18.7 Å². The second-order valence-electron chi connectivity index (χ2n) is 7.32. The van der Waals surface area contributed by atoms with Crippen LogP contribution in [0.25, 0.3) is 0 Å². The summed E-state index contributed by atoms with van der Waals surface area (Å²) in [4.78, 5) is 0. The normalized spacial score (nSPS) is 18.4. The van der Waals surface area contributed by atoms with Gasteiger partial charge in [0.2, 0.25) is 0 Å². The van der Waals surface area contributed by atoms with E-state index in [1.807, 2.05) is 55.4 Å². The number of halogens is 1. The smallest absolute Gasteiger partial charge is 0.137 e. The molecule has 0 saturated carbocycles. The first-order valence-corrected chi connectivity index (χ1v) is 10.1. The summed E-state index contributed by atoms with van der Waals surface area (Å²) in [6, 6.07) is 13.7. The van der Waals surface area contributed by atoms with Crippen LogP contribution in [-0.2, 0) is 17.9 Å². The van der Waals surface area contributed by atoms with Gasteiger partial charge in [-0.2, -0.15) is 0 Å². The van der Waals surface area contributed by atoms with Crippen molar-refractivity contribution >= 4 is 23.0 Å². The summed E-state index contributed by atoms with van der Waals surface area (Å²) in [6.07, 6.45) is 1.71. The van der Waals surface area contributed by atoms with Gasteiger partial charge < -0.3 is 9.29 Å². The summed E-state index contributed by atoms with van der Waals surface area (Å²) < 4.78 is 20.8. The molecule has 3 rings (SSSR count). The Morgan fingerprint density at radius 3 is 2.69 bits per heavy atom. The highest BCUT2D eigenvalue weighted by molar-refractivity contribution is 7.90. The number of fused-ring (bicyclic) bond motifs is 1. The third kappa shape index (κ3) is 3.79. The van der Waals surface area contributed by atoms with Crippen LogP contribution in [0.3, 0.4) is 0 Å². The molecule has 0 aliphatic carbocycles. The fraction of sp³-hybridized carbons (Fsp3) is 0.333. The molecule has 0 spiro atoms. The van der Waals surface area contributed by atoms with Gasteiger partial charge in [0.15, 0.2) is 0 Å². The predicted molar refractivity (Wildman–Crippen MR) is 109 cm³/mol. The Bertz CT molecular complexity index is 803. The van der Waals surface area contributed by atoms with Gasteiger partial charge in [-0.25, -0.2) is 0 Å². The van der Waals surface area contributed by atoms with Crippen molar-refractivity contribution in [1.82, 2.24) is 4.31 Å². The molecule has 3 nitrogen and oxygen atoms in total. The van der Waals surface area contributed by atoms with Crippen LogP contribution < -0.4 is 4.74 Å². The Kier molecular flexibility index (Phi) is 5.68. The van der Waals surface area contributed by atoms with Crippen molar-refractivity contribution < 1.29 is 9.29 Å². The van der Waals surface area contributed by atoms with Crippen LogP contribution in [0.4, 0.5) is 0 Å². The van der Waals surface area contributed by atoms with Crippen molar-refractivity contribution in [2.24, 2.45) is 0 Å². The highest BCUT2D eigenvalue weighted by Gasteiger charge is 2.44. The summed E-state index contributed by atoms with van der Waals surface area (Å²) in [7, 11) is 0. The minimum absolute atomic E-state index is 0.162. The van der Waals surface area contributed by atoms with E-state index in [4.69, 9.17) is 16.3 Å². The van der Waals surface area contributed by atoms with E-state index in [1.165, 1.54) is 5.56 Å². The topological polar surface area (TPSA) is 35.5 Å². The molecular weight excluding hydrogens is 366 g/mol. The SMILES string of the molecule is C=CCOc1ccc(Cl)cc1C1c2ccccc2CN1[S+]([O-])C(C)(C)C. The number of nitrogens with zero attached hydrogens (tertiary/aromatic N) is 1. The molecule has 1 aliphatic rings. The summed E-state index contributed by atoms with van der Waals surface area (Å²) >= 11 is 5.13. The lowest BCUT2D eigenvalue weighted by Gasteiger charge is -2.34. The van der Waals surface area contributed by atoms with E-state index in [0.29, 0.717) is 18.2 Å². The molecule has 0 radical (unpaired) electrons. The van der Waals surface area contributed by atoms with Gasteiger partial charge in [0.05, 0.1) is 6.54 Å². The van der Waals surface area contributed by atoms with E-state index in [9.17, 15) is 4.55 Å². The van der Waals surface area contributed by atoms with Gasteiger partial charge in [-0.15, -0.1) is 4.31 Å². The van der Waals surface area contributed by atoms with Gasteiger partial charge in [-0.05, 0) is 50.1 Å². The molecule has 1 heterocycles. The molecular formula is C21H24ClNO2S. The maximum atomic E-state index is 13.3. The van der Waals surface area contributed by atoms with Crippen molar-refractivity contribution in [2.75, 3.05) is 6.61 Å². The largest absolute Gasteiger partial charge is 0.597 e. The quantitative estimate of drug-likeness (QED) is 0.516. The van der Waals surface area contributed by atoms with Crippen LogP contribution in [0.1, 0.15) is 43.5 Å². The molecule has 138 valence electrons. The zero-order valence-electron chi connectivity index (χ0n) is 15.4. The van der Waals surface area contributed by atoms with Gasteiger partial charge in [-0.1, -0.05) is 48.5 Å². The second-order valence-corrected chi connectivity index (χ2v) is 9.95. The lowest BCUT2D eigenvalue weighted by molar-refractivity contribution is 0.335. The summed E-state index contributed by atoms with van der Waals surface area (Å²) in [5.74, 6) is 0.743. The molecule has 0 amide bonds. The zero-order chi connectivity index (χ0) is 18.9. The molecule has 0 N–H and O–H groups in total. The average molecular weight is 390 g/mol. The van der Waals surface area contributed by atoms with E-state index in [1.54, 1.807) is 6.08 Å². The second kappa shape index (κ2) is 7.65. The third-order valence-corrected chi connectivity index (χ3v) is 6.37. The highest BCUT2D eigenvalue weighted by atomic mass is 35.5. The van der Waals surface area contributed by atoms with E-state index >= 15 is 0 Å². The molecule has 0 saturated heterocycles. The van der Waals surface area contributed by atoms with Crippen LogP contribution in [0, 0.1) is 0 Å². The molecule has 5 heteroatoms. The Labute approximate surface area is 163 Å². The monoisotopic (exact) mass is 389 g/mol. The minimum Gasteiger partial charge on any atom is -0.597 e. The first-order chi connectivity index (χ1) is 12.3. The van der Waals surface area contributed by atoms with Gasteiger partial charge in [0.1, 0.15) is 23.1 Å². The number of rotatable bonds is 5. The van der Waals surface area contributed by atoms with Crippen molar-refractivity contribution in [3.8, 4) is 5.75 Å². The molecule has 2 aromatic rings. The zero-order valence-corrected chi connectivity index (χ0v) is 16.9. The van der Waals surface area contributed by atoms with Crippen molar-refractivity contribution in [3.63, 3.8) is 0 Å². The van der Waals surface area contributed by atoms with E-state index < -0.39 is 11.4 Å². The Morgan fingerprint density at radius 1 is 1.27 bits per heavy atom. The summed E-state index contributed by atoms with van der Waals surface area (Å²) in [6.45, 7) is 10.8. The van der Waals surface area contributed by atoms with Crippen molar-refractivity contribution in [3.05, 3.63) is 76.8 Å². The van der Waals surface area contributed by atoms with E-state index in [-0.39, 0.29) is 10.8 Å². The van der Waals surface area contributed by atoms with Gasteiger partial charge >= 0.3 is 0 Å². The molecule has 26 heavy (non-hydrogen) atoms. The number of benzene rings is 2. The van der Waals surface area contributed by atoms with Crippen molar-refractivity contribution in [2.45, 2.75) is 38.1 Å². The van der Waals surface area contributed by atoms with Crippen LogP contribution in [0.15, 0.2) is 55.1 Å². The van der Waals surface area contributed by atoms with Crippen molar-refractivity contribution in [1.29, 1.82) is 0 Å². The van der Waals surface area contributed by atoms with Crippen LogP contribution >= 0.6 is 11.6 Å². The number of hydrogen-bond acceptors (Lipinski definition) is 3. The predicted octanol–water partition coefficient (Wildman–Crippen LogP) is 5.27.